The number of nitro benzene ring substituents is 1. The molecule has 1 N–H and O–H groups in total. The van der Waals surface area contributed by atoms with Crippen molar-refractivity contribution < 1.29 is 9.72 Å². The highest BCUT2D eigenvalue weighted by atomic mass is 35.5. The molecule has 1 aromatic rings. The van der Waals surface area contributed by atoms with Crippen LogP contribution in [0.4, 0.5) is 11.4 Å². The van der Waals surface area contributed by atoms with Crippen LogP contribution in [-0.4, -0.2) is 16.7 Å². The van der Waals surface area contributed by atoms with Gasteiger partial charge in [-0.3, -0.25) is 14.9 Å². The first kappa shape index (κ1) is 14.4. The fourth-order valence-electron chi connectivity index (χ4n) is 1.30. The van der Waals surface area contributed by atoms with Gasteiger partial charge in [-0.1, -0.05) is 0 Å². The van der Waals surface area contributed by atoms with Crippen LogP contribution in [0.1, 0.15) is 19.4 Å². The van der Waals surface area contributed by atoms with Crippen molar-refractivity contribution in [2.45, 2.75) is 20.8 Å². The van der Waals surface area contributed by atoms with E-state index in [0.717, 1.165) is 0 Å². The third-order valence-corrected chi connectivity index (χ3v) is 3.27. The summed E-state index contributed by atoms with van der Waals surface area (Å²) in [6, 6.07) is 4.45. The Bertz CT molecular complexity index is 486. The summed E-state index contributed by atoms with van der Waals surface area (Å²) in [7, 11) is 0. The number of nitro groups is 1. The molecular weight excluding hydrogens is 256 g/mol. The topological polar surface area (TPSA) is 72.2 Å². The van der Waals surface area contributed by atoms with Crippen LogP contribution >= 0.6 is 11.6 Å². The number of carbonyl (C=O) groups is 1. The minimum absolute atomic E-state index is 0.0320. The summed E-state index contributed by atoms with van der Waals surface area (Å²) in [4.78, 5) is 22.1. The Labute approximate surface area is 110 Å². The zero-order valence-corrected chi connectivity index (χ0v) is 11.2. The van der Waals surface area contributed by atoms with Gasteiger partial charge in [0.1, 0.15) is 0 Å². The number of nitrogens with one attached hydrogen (secondary N) is 1. The highest BCUT2D eigenvalue weighted by Gasteiger charge is 2.26. The molecular formula is C12H15ClN2O3. The summed E-state index contributed by atoms with van der Waals surface area (Å²) in [6.07, 6.45) is 0. The van der Waals surface area contributed by atoms with Crippen LogP contribution in [0.25, 0.3) is 0 Å². The number of hydrogen-bond donors (Lipinski definition) is 1. The molecule has 5 nitrogen and oxygen atoms in total. The third kappa shape index (κ3) is 3.20. The SMILES string of the molecule is Cc1cc(NC(=O)C(C)(C)CCl)ccc1[N+](=O)[O-]. The van der Waals surface area contributed by atoms with Crippen LogP contribution in [0.3, 0.4) is 0 Å². The molecule has 1 amide bonds. The Morgan fingerprint density at radius 1 is 1.50 bits per heavy atom. The molecule has 1 rings (SSSR count). The maximum absolute atomic E-state index is 11.9. The van der Waals surface area contributed by atoms with E-state index in [-0.39, 0.29) is 17.5 Å². The number of nitrogens with zero attached hydrogens (tertiary/aromatic N) is 1. The molecule has 0 aliphatic heterocycles. The maximum atomic E-state index is 11.9. The average molecular weight is 271 g/mol. The van der Waals surface area contributed by atoms with E-state index in [1.165, 1.54) is 12.1 Å². The Morgan fingerprint density at radius 3 is 2.56 bits per heavy atom. The highest BCUT2D eigenvalue weighted by molar-refractivity contribution is 6.20. The zero-order chi connectivity index (χ0) is 13.9. The maximum Gasteiger partial charge on any atom is 0.272 e. The van der Waals surface area contributed by atoms with Gasteiger partial charge < -0.3 is 5.32 Å². The molecule has 0 unspecified atom stereocenters. The van der Waals surface area contributed by atoms with Gasteiger partial charge >= 0.3 is 0 Å². The van der Waals surface area contributed by atoms with E-state index in [9.17, 15) is 14.9 Å². The van der Waals surface area contributed by atoms with E-state index >= 15 is 0 Å². The summed E-state index contributed by atoms with van der Waals surface area (Å²) in [6.45, 7) is 5.08. The number of benzene rings is 1. The minimum Gasteiger partial charge on any atom is -0.326 e. The number of anilines is 1. The lowest BCUT2D eigenvalue weighted by molar-refractivity contribution is -0.385. The standard InChI is InChI=1S/C12H15ClN2O3/c1-8-6-9(4-5-10(8)15(17)18)14-11(16)12(2,3)7-13/h4-6H,7H2,1-3H3,(H,14,16). The van der Waals surface area contributed by atoms with Crippen LogP contribution in [-0.2, 0) is 4.79 Å². The van der Waals surface area contributed by atoms with Crippen LogP contribution in [0.2, 0.25) is 0 Å². The smallest absolute Gasteiger partial charge is 0.272 e. The van der Waals surface area contributed by atoms with Crippen molar-refractivity contribution in [1.82, 2.24) is 0 Å². The third-order valence-electron chi connectivity index (χ3n) is 2.60. The van der Waals surface area contributed by atoms with Crippen molar-refractivity contribution in [2.24, 2.45) is 5.41 Å². The summed E-state index contributed by atoms with van der Waals surface area (Å²) in [5, 5.41) is 13.4. The van der Waals surface area contributed by atoms with E-state index in [1.807, 2.05) is 0 Å². The number of aryl methyl sites for hydroxylation is 1. The molecule has 0 saturated carbocycles. The van der Waals surface area contributed by atoms with Gasteiger partial charge in [-0.05, 0) is 32.9 Å². The molecule has 0 fully saturated rings. The van der Waals surface area contributed by atoms with E-state index in [2.05, 4.69) is 5.32 Å². The molecule has 0 aromatic heterocycles. The van der Waals surface area contributed by atoms with Crippen molar-refractivity contribution in [1.29, 1.82) is 0 Å². The Balaban J connectivity index is 2.91. The van der Waals surface area contributed by atoms with Gasteiger partial charge in [0.15, 0.2) is 0 Å². The number of rotatable bonds is 4. The summed E-state index contributed by atoms with van der Waals surface area (Å²) < 4.78 is 0. The van der Waals surface area contributed by atoms with Gasteiger partial charge in [0.05, 0.1) is 10.3 Å². The summed E-state index contributed by atoms with van der Waals surface area (Å²) >= 11 is 5.70. The first-order valence-corrected chi connectivity index (χ1v) is 5.94. The van der Waals surface area contributed by atoms with Gasteiger partial charge in [-0.25, -0.2) is 0 Å². The Morgan fingerprint density at radius 2 is 2.11 bits per heavy atom. The van der Waals surface area contributed by atoms with Gasteiger partial charge in [-0.15, -0.1) is 11.6 Å². The molecule has 0 aliphatic carbocycles. The minimum atomic E-state index is -0.683. The monoisotopic (exact) mass is 270 g/mol. The van der Waals surface area contributed by atoms with Crippen molar-refractivity contribution in [3.8, 4) is 0 Å². The second kappa shape index (κ2) is 5.35. The highest BCUT2D eigenvalue weighted by Crippen LogP contribution is 2.24. The molecule has 1 aromatic carbocycles. The molecule has 6 heteroatoms. The molecule has 0 bridgehead atoms. The Hall–Kier alpha value is -1.62. The van der Waals surface area contributed by atoms with Crippen molar-refractivity contribution >= 4 is 28.9 Å². The number of hydrogen-bond acceptors (Lipinski definition) is 3. The quantitative estimate of drug-likeness (QED) is 0.519. The summed E-state index contributed by atoms with van der Waals surface area (Å²) in [5.41, 5.74) is 0.379. The van der Waals surface area contributed by atoms with Crippen LogP contribution in [0, 0.1) is 22.5 Å². The van der Waals surface area contributed by atoms with E-state index in [1.54, 1.807) is 26.8 Å². The van der Waals surface area contributed by atoms with E-state index in [0.29, 0.717) is 11.3 Å². The lowest BCUT2D eigenvalue weighted by atomic mass is 9.95. The molecule has 98 valence electrons. The molecule has 0 atom stereocenters. The first-order chi connectivity index (χ1) is 8.27. The Kier molecular flexibility index (Phi) is 4.29. The summed E-state index contributed by atoms with van der Waals surface area (Å²) in [5.74, 6) is -0.0177. The van der Waals surface area contributed by atoms with Crippen LogP contribution < -0.4 is 5.32 Å². The van der Waals surface area contributed by atoms with E-state index in [4.69, 9.17) is 11.6 Å². The zero-order valence-electron chi connectivity index (χ0n) is 10.5. The van der Waals surface area contributed by atoms with E-state index < -0.39 is 10.3 Å². The lowest BCUT2D eigenvalue weighted by Crippen LogP contribution is -2.32. The van der Waals surface area contributed by atoms with Gasteiger partial charge in [0.25, 0.3) is 5.69 Å². The van der Waals surface area contributed by atoms with Crippen LogP contribution in [0.5, 0.6) is 0 Å². The number of carbonyl (C=O) groups excluding carboxylic acids is 1. The largest absolute Gasteiger partial charge is 0.326 e. The molecule has 0 radical (unpaired) electrons. The second-order valence-corrected chi connectivity index (χ2v) is 5.00. The predicted molar refractivity (Wildman–Crippen MR) is 71.0 cm³/mol. The first-order valence-electron chi connectivity index (χ1n) is 5.40. The molecule has 0 saturated heterocycles. The van der Waals surface area contributed by atoms with Crippen molar-refractivity contribution in [3.05, 3.63) is 33.9 Å². The second-order valence-electron chi connectivity index (χ2n) is 4.73. The van der Waals surface area contributed by atoms with Gasteiger partial charge in [-0.2, -0.15) is 0 Å². The average Bonchev–Trinajstić information content (AvgIpc) is 2.28. The van der Waals surface area contributed by atoms with Gasteiger partial charge in [0, 0.05) is 23.2 Å². The fraction of sp³-hybridized carbons (Fsp3) is 0.417. The molecule has 0 heterocycles. The predicted octanol–water partition coefficient (Wildman–Crippen LogP) is 3.11. The number of halogens is 1. The number of amides is 1. The number of alkyl halides is 1. The molecule has 0 aliphatic rings. The fourth-order valence-corrected chi connectivity index (χ4v) is 1.42. The van der Waals surface area contributed by atoms with Crippen LogP contribution in [0.15, 0.2) is 18.2 Å². The normalized spacial score (nSPS) is 11.1. The van der Waals surface area contributed by atoms with Gasteiger partial charge in [0.2, 0.25) is 5.91 Å². The molecule has 18 heavy (non-hydrogen) atoms. The lowest BCUT2D eigenvalue weighted by Gasteiger charge is -2.20. The van der Waals surface area contributed by atoms with Crippen molar-refractivity contribution in [3.63, 3.8) is 0 Å². The molecule has 0 spiro atoms. The van der Waals surface area contributed by atoms with Crippen molar-refractivity contribution in [2.75, 3.05) is 11.2 Å².